The summed E-state index contributed by atoms with van der Waals surface area (Å²) in [5, 5.41) is 2.44. The minimum absolute atomic E-state index is 0.0377. The van der Waals surface area contributed by atoms with Crippen molar-refractivity contribution in [2.24, 2.45) is 11.3 Å². The van der Waals surface area contributed by atoms with E-state index in [-0.39, 0.29) is 36.1 Å². The molecule has 1 aromatic heterocycles. The number of halogens is 2. The number of hydrogen-bond acceptors (Lipinski definition) is 6. The highest BCUT2D eigenvalue weighted by atomic mass is 19.1. The van der Waals surface area contributed by atoms with Crippen LogP contribution < -0.4 is 15.1 Å². The number of carbonyl (C=O) groups is 2. The summed E-state index contributed by atoms with van der Waals surface area (Å²) in [4.78, 5) is 37.8. The Bertz CT molecular complexity index is 1490. The Morgan fingerprint density at radius 3 is 2.44 bits per heavy atom. The molecule has 2 saturated heterocycles. The van der Waals surface area contributed by atoms with Crippen molar-refractivity contribution in [2.45, 2.75) is 72.4 Å². The molecule has 0 bridgehead atoms. The van der Waals surface area contributed by atoms with Gasteiger partial charge in [-0.2, -0.15) is 0 Å². The zero-order chi connectivity index (χ0) is 32.3. The van der Waals surface area contributed by atoms with E-state index in [1.165, 1.54) is 19.2 Å². The van der Waals surface area contributed by atoms with E-state index in [1.807, 2.05) is 30.0 Å². The monoisotopic (exact) mass is 624 g/mol. The van der Waals surface area contributed by atoms with Crippen LogP contribution in [-0.4, -0.2) is 66.7 Å². The van der Waals surface area contributed by atoms with Crippen LogP contribution in [0.1, 0.15) is 77.2 Å². The Kier molecular flexibility index (Phi) is 9.84. The number of carbonyl (C=O) groups excluding carboxylic acids is 2. The Morgan fingerprint density at radius 1 is 1.09 bits per heavy atom. The molecule has 3 aromatic rings. The normalized spacial score (nSPS) is 17.6. The van der Waals surface area contributed by atoms with Crippen molar-refractivity contribution in [3.63, 3.8) is 0 Å². The molecule has 0 unspecified atom stereocenters. The highest BCUT2D eigenvalue weighted by Gasteiger charge is 2.32. The van der Waals surface area contributed by atoms with Crippen molar-refractivity contribution in [1.82, 2.24) is 20.2 Å². The Labute approximate surface area is 264 Å². The number of benzene rings is 2. The minimum Gasteiger partial charge on any atom is -0.453 e. The Morgan fingerprint density at radius 2 is 1.80 bits per heavy atom. The maximum atomic E-state index is 15.6. The SMILES string of the molecule is CCCN(Cc1nc2cc([C@H]3CCCN3c3cc(F)c(N4CCC(C(C)(C)C)CC4)c(F)c3)ccc2[nH]1)C(=O)CNC(=O)OC. The van der Waals surface area contributed by atoms with Gasteiger partial charge in [-0.1, -0.05) is 33.8 Å². The first kappa shape index (κ1) is 32.5. The summed E-state index contributed by atoms with van der Waals surface area (Å²) in [7, 11) is 1.25. The average molecular weight is 625 g/mol. The zero-order valence-electron chi connectivity index (χ0n) is 27.1. The number of imidazole rings is 1. The molecule has 45 heavy (non-hydrogen) atoms. The third kappa shape index (κ3) is 7.34. The number of methoxy groups -OCH3 is 1. The largest absolute Gasteiger partial charge is 0.453 e. The van der Waals surface area contributed by atoms with Crippen molar-refractivity contribution in [3.05, 3.63) is 53.4 Å². The minimum atomic E-state index is -0.658. The predicted octanol–water partition coefficient (Wildman–Crippen LogP) is 6.54. The lowest BCUT2D eigenvalue weighted by Gasteiger charge is -2.40. The fourth-order valence-electron chi connectivity index (χ4n) is 6.84. The molecule has 5 rings (SSSR count). The summed E-state index contributed by atoms with van der Waals surface area (Å²) in [6.07, 6.45) is 3.72. The Balaban J connectivity index is 1.31. The fraction of sp³-hybridized carbons (Fsp3) is 0.559. The number of alkyl carbamates (subject to hydrolysis) is 1. The van der Waals surface area contributed by atoms with Gasteiger partial charge in [-0.3, -0.25) is 4.79 Å². The summed E-state index contributed by atoms with van der Waals surface area (Å²) in [6, 6.07) is 8.96. The number of nitrogens with zero attached hydrogens (tertiary/aromatic N) is 4. The highest BCUT2D eigenvalue weighted by molar-refractivity contribution is 5.82. The second-order valence-corrected chi connectivity index (χ2v) is 13.4. The van der Waals surface area contributed by atoms with Gasteiger partial charge in [-0.25, -0.2) is 18.6 Å². The molecule has 1 atom stereocenters. The quantitative estimate of drug-likeness (QED) is 0.281. The predicted molar refractivity (Wildman–Crippen MR) is 172 cm³/mol. The van der Waals surface area contributed by atoms with E-state index >= 15 is 8.78 Å². The lowest BCUT2D eigenvalue weighted by molar-refractivity contribution is -0.130. The summed E-state index contributed by atoms with van der Waals surface area (Å²) < 4.78 is 35.7. The molecule has 2 amide bonds. The van der Waals surface area contributed by atoms with E-state index in [0.29, 0.717) is 43.6 Å². The summed E-state index contributed by atoms with van der Waals surface area (Å²) in [6.45, 7) is 11.3. The van der Waals surface area contributed by atoms with Gasteiger partial charge < -0.3 is 29.7 Å². The zero-order valence-corrected chi connectivity index (χ0v) is 27.1. The molecule has 3 heterocycles. The van der Waals surface area contributed by atoms with Crippen LogP contribution in [0.5, 0.6) is 0 Å². The smallest absolute Gasteiger partial charge is 0.407 e. The number of nitrogens with one attached hydrogen (secondary N) is 2. The summed E-state index contributed by atoms with van der Waals surface area (Å²) in [5.41, 5.74) is 3.46. The van der Waals surface area contributed by atoms with Crippen LogP contribution in [0.15, 0.2) is 30.3 Å². The van der Waals surface area contributed by atoms with Crippen LogP contribution in [0.25, 0.3) is 11.0 Å². The number of rotatable bonds is 9. The molecule has 0 saturated carbocycles. The van der Waals surface area contributed by atoms with Crippen LogP contribution in [0.4, 0.5) is 25.0 Å². The van der Waals surface area contributed by atoms with Crippen LogP contribution in [0.3, 0.4) is 0 Å². The van der Waals surface area contributed by atoms with E-state index in [9.17, 15) is 9.59 Å². The van der Waals surface area contributed by atoms with Gasteiger partial charge in [0, 0.05) is 31.9 Å². The van der Waals surface area contributed by atoms with Crippen molar-refractivity contribution in [2.75, 3.05) is 49.6 Å². The first-order chi connectivity index (χ1) is 21.5. The number of ether oxygens (including phenoxy) is 1. The topological polar surface area (TPSA) is 93.8 Å². The second-order valence-electron chi connectivity index (χ2n) is 13.4. The van der Waals surface area contributed by atoms with E-state index in [2.05, 4.69) is 40.7 Å². The van der Waals surface area contributed by atoms with Crippen LogP contribution >= 0.6 is 0 Å². The van der Waals surface area contributed by atoms with Crippen LogP contribution in [-0.2, 0) is 16.1 Å². The average Bonchev–Trinajstić information content (AvgIpc) is 3.65. The summed E-state index contributed by atoms with van der Waals surface area (Å²) >= 11 is 0. The number of amides is 2. The van der Waals surface area contributed by atoms with Gasteiger partial charge >= 0.3 is 6.09 Å². The van der Waals surface area contributed by atoms with Crippen molar-refractivity contribution in [1.29, 1.82) is 0 Å². The molecule has 9 nitrogen and oxygen atoms in total. The molecule has 244 valence electrons. The van der Waals surface area contributed by atoms with Gasteiger partial charge in [0.1, 0.15) is 18.1 Å². The molecule has 2 N–H and O–H groups in total. The molecule has 11 heteroatoms. The van der Waals surface area contributed by atoms with Gasteiger partial charge in [-0.05, 0) is 73.3 Å². The molecular weight excluding hydrogens is 578 g/mol. The Hall–Kier alpha value is -3.89. The lowest BCUT2D eigenvalue weighted by Crippen LogP contribution is -2.40. The highest BCUT2D eigenvalue weighted by Crippen LogP contribution is 2.41. The van der Waals surface area contributed by atoms with Gasteiger partial charge in [-0.15, -0.1) is 0 Å². The van der Waals surface area contributed by atoms with Crippen molar-refractivity contribution in [3.8, 4) is 0 Å². The molecule has 0 spiro atoms. The van der Waals surface area contributed by atoms with Gasteiger partial charge in [0.25, 0.3) is 0 Å². The maximum absolute atomic E-state index is 15.6. The van der Waals surface area contributed by atoms with E-state index in [4.69, 9.17) is 4.98 Å². The van der Waals surface area contributed by atoms with Gasteiger partial charge in [0.2, 0.25) is 5.91 Å². The number of piperidine rings is 1. The van der Waals surface area contributed by atoms with Gasteiger partial charge in [0.05, 0.1) is 30.7 Å². The van der Waals surface area contributed by atoms with Crippen LogP contribution in [0, 0.1) is 23.0 Å². The third-order valence-electron chi connectivity index (χ3n) is 9.32. The third-order valence-corrected chi connectivity index (χ3v) is 9.32. The van der Waals surface area contributed by atoms with E-state index in [0.717, 1.165) is 48.7 Å². The molecule has 2 aliphatic heterocycles. The summed E-state index contributed by atoms with van der Waals surface area (Å²) in [5.74, 6) is -0.0718. The standard InChI is InChI=1S/C34H46F2N6O3/c1-6-13-41(31(43)20-37-33(44)45-5)21-30-38-27-10-9-22(17-28(27)39-30)29-8-7-14-42(29)24-18-25(35)32(26(36)19-24)40-15-11-23(12-16-40)34(2,3)4/h9-10,17-19,23,29H,6-8,11-16,20-21H2,1-5H3,(H,37,44)(H,38,39)/t29-/m1/s1. The van der Waals surface area contributed by atoms with Crippen molar-refractivity contribution < 1.29 is 23.1 Å². The number of aromatic nitrogens is 2. The molecular formula is C34H46F2N6O3. The number of anilines is 2. The maximum Gasteiger partial charge on any atom is 0.407 e. The second kappa shape index (κ2) is 13.6. The fourth-order valence-corrected chi connectivity index (χ4v) is 6.84. The van der Waals surface area contributed by atoms with Gasteiger partial charge in [0.15, 0.2) is 11.6 Å². The lowest BCUT2D eigenvalue weighted by atomic mass is 9.75. The molecule has 2 aliphatic rings. The number of aromatic amines is 1. The molecule has 2 aromatic carbocycles. The van der Waals surface area contributed by atoms with E-state index in [1.54, 1.807) is 4.90 Å². The van der Waals surface area contributed by atoms with Crippen LogP contribution in [0.2, 0.25) is 0 Å². The first-order valence-electron chi connectivity index (χ1n) is 16.1. The number of fused-ring (bicyclic) bond motifs is 1. The first-order valence-corrected chi connectivity index (χ1v) is 16.1. The number of H-pyrrole nitrogens is 1. The van der Waals surface area contributed by atoms with Crippen molar-refractivity contribution >= 4 is 34.4 Å². The number of hydrogen-bond donors (Lipinski definition) is 2. The molecule has 2 fully saturated rings. The molecule has 0 radical (unpaired) electrons. The molecule has 0 aliphatic carbocycles. The van der Waals surface area contributed by atoms with E-state index < -0.39 is 17.7 Å².